The number of aliphatic imine (C=N–C) groups is 1. The number of carbonyl (C=O) groups is 1. The van der Waals surface area contributed by atoms with Crippen LogP contribution in [0.4, 0.5) is 4.79 Å². The Labute approximate surface area is 168 Å². The summed E-state index contributed by atoms with van der Waals surface area (Å²) in [6.45, 7) is 8.70. The van der Waals surface area contributed by atoms with Crippen LogP contribution in [0.3, 0.4) is 0 Å². The lowest BCUT2D eigenvalue weighted by molar-refractivity contribution is 0.111. The van der Waals surface area contributed by atoms with Crippen LogP contribution in [0.5, 0.6) is 0 Å². The van der Waals surface area contributed by atoms with Gasteiger partial charge in [-0.25, -0.2) is 4.79 Å². The van der Waals surface area contributed by atoms with E-state index in [4.69, 9.17) is 4.74 Å². The molecule has 2 atom stereocenters. The third kappa shape index (κ3) is 5.18. The van der Waals surface area contributed by atoms with Gasteiger partial charge in [0.15, 0.2) is 5.96 Å². The predicted molar refractivity (Wildman–Crippen MR) is 113 cm³/mol. The molecule has 1 saturated carbocycles. The maximum atomic E-state index is 11.6. The molecule has 6 heteroatoms. The maximum absolute atomic E-state index is 11.6. The van der Waals surface area contributed by atoms with Gasteiger partial charge in [-0.3, -0.25) is 4.99 Å². The van der Waals surface area contributed by atoms with Gasteiger partial charge in [0.05, 0.1) is 7.11 Å². The molecule has 3 rings (SSSR count). The van der Waals surface area contributed by atoms with E-state index in [1.54, 1.807) is 4.90 Å². The van der Waals surface area contributed by atoms with Gasteiger partial charge in [-0.15, -0.1) is 0 Å². The topological polar surface area (TPSA) is 66.0 Å². The van der Waals surface area contributed by atoms with Gasteiger partial charge in [-0.2, -0.15) is 0 Å². The van der Waals surface area contributed by atoms with Crippen LogP contribution < -0.4 is 10.6 Å². The van der Waals surface area contributed by atoms with Crippen molar-refractivity contribution in [3.8, 4) is 0 Å². The predicted octanol–water partition coefficient (Wildman–Crippen LogP) is 3.45. The molecule has 2 N–H and O–H groups in total. The van der Waals surface area contributed by atoms with E-state index in [-0.39, 0.29) is 6.09 Å². The van der Waals surface area contributed by atoms with E-state index in [0.29, 0.717) is 23.9 Å². The molecule has 1 heterocycles. The molecule has 154 valence electrons. The fourth-order valence-corrected chi connectivity index (χ4v) is 3.85. The second-order valence-electron chi connectivity index (χ2n) is 8.11. The molecule has 2 fully saturated rings. The second kappa shape index (κ2) is 9.30. The number of nitrogens with one attached hydrogen (secondary N) is 2. The molecule has 0 aromatic heterocycles. The standard InChI is InChI=1S/C22H34N4O2/c1-5-23-21(24-18-10-12-26(13-11-18)22(27)28-4)25-20-14-19(20)17-8-6-16(7-9-17)15(2)3/h6-9,15,18-20H,5,10-14H2,1-4H3,(H2,23,24,25). The number of rotatable bonds is 5. The van der Waals surface area contributed by atoms with Crippen LogP contribution in [-0.4, -0.2) is 55.8 Å². The number of nitrogens with zero attached hydrogens (tertiary/aromatic N) is 2. The Morgan fingerprint density at radius 2 is 1.89 bits per heavy atom. The monoisotopic (exact) mass is 386 g/mol. The lowest BCUT2D eigenvalue weighted by Crippen LogP contribution is -2.50. The number of guanidine groups is 1. The molecule has 0 radical (unpaired) electrons. The third-order valence-electron chi connectivity index (χ3n) is 5.73. The summed E-state index contributed by atoms with van der Waals surface area (Å²) < 4.78 is 4.81. The van der Waals surface area contributed by atoms with E-state index in [0.717, 1.165) is 44.9 Å². The molecular weight excluding hydrogens is 352 g/mol. The van der Waals surface area contributed by atoms with Gasteiger partial charge in [0.1, 0.15) is 0 Å². The van der Waals surface area contributed by atoms with Gasteiger partial charge in [-0.05, 0) is 43.2 Å². The van der Waals surface area contributed by atoms with Crippen molar-refractivity contribution in [1.29, 1.82) is 0 Å². The smallest absolute Gasteiger partial charge is 0.409 e. The highest BCUT2D eigenvalue weighted by Gasteiger charge is 2.39. The van der Waals surface area contributed by atoms with Crippen LogP contribution >= 0.6 is 0 Å². The van der Waals surface area contributed by atoms with Crippen LogP contribution in [0.2, 0.25) is 0 Å². The molecule has 28 heavy (non-hydrogen) atoms. The highest BCUT2D eigenvalue weighted by Crippen LogP contribution is 2.41. The van der Waals surface area contributed by atoms with E-state index in [2.05, 4.69) is 60.7 Å². The number of amides is 1. The van der Waals surface area contributed by atoms with Gasteiger partial charge in [0.25, 0.3) is 0 Å². The number of hydrogen-bond acceptors (Lipinski definition) is 3. The first-order valence-corrected chi connectivity index (χ1v) is 10.5. The fourth-order valence-electron chi connectivity index (χ4n) is 3.85. The second-order valence-corrected chi connectivity index (χ2v) is 8.11. The first kappa shape index (κ1) is 20.5. The molecule has 1 aromatic rings. The summed E-state index contributed by atoms with van der Waals surface area (Å²) in [5, 5.41) is 7.17. The lowest BCUT2D eigenvalue weighted by Gasteiger charge is -2.32. The zero-order chi connectivity index (χ0) is 20.1. The molecular formula is C22H34N4O2. The summed E-state index contributed by atoms with van der Waals surface area (Å²) in [4.78, 5) is 18.0. The van der Waals surface area contributed by atoms with E-state index < -0.39 is 0 Å². The lowest BCUT2D eigenvalue weighted by atomic mass is 10.0. The minimum atomic E-state index is -0.233. The van der Waals surface area contributed by atoms with E-state index in [1.165, 1.54) is 18.2 Å². The first-order valence-electron chi connectivity index (χ1n) is 10.5. The SMILES string of the molecule is CCN=C(NC1CCN(C(=O)OC)CC1)NC1CC1c1ccc(C(C)C)cc1. The van der Waals surface area contributed by atoms with Crippen molar-refractivity contribution in [2.75, 3.05) is 26.7 Å². The highest BCUT2D eigenvalue weighted by molar-refractivity contribution is 5.81. The molecule has 1 aliphatic heterocycles. The van der Waals surface area contributed by atoms with Crippen molar-refractivity contribution in [2.45, 2.75) is 64.0 Å². The zero-order valence-corrected chi connectivity index (χ0v) is 17.6. The average Bonchev–Trinajstić information content (AvgIpc) is 3.47. The van der Waals surface area contributed by atoms with Crippen molar-refractivity contribution >= 4 is 12.1 Å². The van der Waals surface area contributed by atoms with Crippen LogP contribution in [0.1, 0.15) is 63.0 Å². The quantitative estimate of drug-likeness (QED) is 0.601. The maximum Gasteiger partial charge on any atom is 0.409 e. The molecule has 2 unspecified atom stereocenters. The minimum absolute atomic E-state index is 0.233. The average molecular weight is 387 g/mol. The van der Waals surface area contributed by atoms with E-state index in [1.807, 2.05) is 0 Å². The Hall–Kier alpha value is -2.24. The molecule has 0 spiro atoms. The Kier molecular flexibility index (Phi) is 6.81. The van der Waals surface area contributed by atoms with Gasteiger partial charge in [0, 0.05) is 37.6 Å². The molecule has 2 aliphatic rings. The Bertz CT molecular complexity index is 678. The van der Waals surface area contributed by atoms with E-state index in [9.17, 15) is 4.79 Å². The molecule has 1 amide bonds. The van der Waals surface area contributed by atoms with Gasteiger partial charge >= 0.3 is 6.09 Å². The fraction of sp³-hybridized carbons (Fsp3) is 0.636. The summed E-state index contributed by atoms with van der Waals surface area (Å²) in [7, 11) is 1.44. The number of likely N-dealkylation sites (tertiary alicyclic amines) is 1. The van der Waals surface area contributed by atoms with Crippen molar-refractivity contribution in [2.24, 2.45) is 4.99 Å². The first-order chi connectivity index (χ1) is 13.5. The van der Waals surface area contributed by atoms with Crippen molar-refractivity contribution in [3.63, 3.8) is 0 Å². The number of hydrogen-bond donors (Lipinski definition) is 2. The summed E-state index contributed by atoms with van der Waals surface area (Å²) in [6.07, 6.45) is 2.73. The summed E-state index contributed by atoms with van der Waals surface area (Å²) in [5.74, 6) is 2.02. The molecule has 1 aromatic carbocycles. The third-order valence-corrected chi connectivity index (χ3v) is 5.73. The van der Waals surface area contributed by atoms with Gasteiger partial charge in [-0.1, -0.05) is 38.1 Å². The Balaban J connectivity index is 1.50. The van der Waals surface area contributed by atoms with Crippen LogP contribution in [0, 0.1) is 0 Å². The Morgan fingerprint density at radius 3 is 2.46 bits per heavy atom. The summed E-state index contributed by atoms with van der Waals surface area (Å²) >= 11 is 0. The zero-order valence-electron chi connectivity index (χ0n) is 17.6. The van der Waals surface area contributed by atoms with Gasteiger partial charge in [0.2, 0.25) is 0 Å². The molecule has 0 bridgehead atoms. The van der Waals surface area contributed by atoms with Gasteiger partial charge < -0.3 is 20.3 Å². The molecule has 1 aliphatic carbocycles. The minimum Gasteiger partial charge on any atom is -0.453 e. The van der Waals surface area contributed by atoms with Crippen LogP contribution in [0.15, 0.2) is 29.3 Å². The van der Waals surface area contributed by atoms with Crippen LogP contribution in [-0.2, 0) is 4.74 Å². The highest BCUT2D eigenvalue weighted by atomic mass is 16.5. The molecule has 1 saturated heterocycles. The number of methoxy groups -OCH3 is 1. The number of carbonyl (C=O) groups excluding carboxylic acids is 1. The summed E-state index contributed by atoms with van der Waals surface area (Å²) in [5.41, 5.74) is 2.80. The molecule has 6 nitrogen and oxygen atoms in total. The van der Waals surface area contributed by atoms with E-state index >= 15 is 0 Å². The van der Waals surface area contributed by atoms with Crippen molar-refractivity contribution in [3.05, 3.63) is 35.4 Å². The number of ether oxygens (including phenoxy) is 1. The van der Waals surface area contributed by atoms with Crippen LogP contribution in [0.25, 0.3) is 0 Å². The van der Waals surface area contributed by atoms with Crippen molar-refractivity contribution < 1.29 is 9.53 Å². The largest absolute Gasteiger partial charge is 0.453 e. The normalized spacial score (nSPS) is 22.9. The summed E-state index contributed by atoms with van der Waals surface area (Å²) in [6, 6.07) is 9.83. The Morgan fingerprint density at radius 1 is 1.21 bits per heavy atom. The van der Waals surface area contributed by atoms with Crippen molar-refractivity contribution in [1.82, 2.24) is 15.5 Å². The number of benzene rings is 1. The number of piperidine rings is 1.